The highest BCUT2D eigenvalue weighted by Gasteiger charge is 2.26. The topological polar surface area (TPSA) is 54.0 Å². The molecular formula is C18H33N3O3. The molecule has 1 aliphatic carbocycles. The molecule has 0 aromatic heterocycles. The number of rotatable bonds is 5. The zero-order valence-corrected chi connectivity index (χ0v) is 15.0. The van der Waals surface area contributed by atoms with E-state index in [1.54, 1.807) is 0 Å². The predicted octanol–water partition coefficient (Wildman–Crippen LogP) is 1.84. The van der Waals surface area contributed by atoms with Gasteiger partial charge in [0.15, 0.2) is 0 Å². The Morgan fingerprint density at radius 2 is 2.00 bits per heavy atom. The number of hydrogen-bond acceptors (Lipinski definition) is 4. The van der Waals surface area contributed by atoms with Gasteiger partial charge in [-0.2, -0.15) is 0 Å². The molecule has 2 saturated heterocycles. The molecule has 3 fully saturated rings. The number of carbonyl (C=O) groups excluding carboxylic acids is 1. The largest absolute Gasteiger partial charge is 0.379 e. The summed E-state index contributed by atoms with van der Waals surface area (Å²) in [5, 5.41) is 3.09. The number of hydrogen-bond donors (Lipinski definition) is 1. The number of ether oxygens (including phenoxy) is 2. The standard InChI is InChI=1S/C18H33N3O3/c1-15(13-24-17-7-12-23-14-17)19-18(22)21-9-4-8-20(10-11-21)16-5-2-3-6-16/h15-17H,2-14H2,1H3,(H,19,22)/t15-,17-/m1/s1. The Morgan fingerprint density at radius 3 is 2.75 bits per heavy atom. The molecule has 24 heavy (non-hydrogen) atoms. The van der Waals surface area contributed by atoms with E-state index in [2.05, 4.69) is 10.2 Å². The highest BCUT2D eigenvalue weighted by molar-refractivity contribution is 5.74. The van der Waals surface area contributed by atoms with Gasteiger partial charge in [0, 0.05) is 38.8 Å². The van der Waals surface area contributed by atoms with Gasteiger partial charge in [-0.1, -0.05) is 12.8 Å². The van der Waals surface area contributed by atoms with E-state index in [1.165, 1.54) is 25.7 Å². The van der Waals surface area contributed by atoms with Gasteiger partial charge in [-0.15, -0.1) is 0 Å². The van der Waals surface area contributed by atoms with Gasteiger partial charge < -0.3 is 19.7 Å². The third kappa shape index (κ3) is 5.07. The molecule has 6 nitrogen and oxygen atoms in total. The first-order valence-electron chi connectivity index (χ1n) is 9.71. The number of nitrogens with one attached hydrogen (secondary N) is 1. The van der Waals surface area contributed by atoms with Crippen LogP contribution in [0.2, 0.25) is 0 Å². The van der Waals surface area contributed by atoms with Crippen molar-refractivity contribution in [2.24, 2.45) is 0 Å². The SMILES string of the molecule is C[C@H](CO[C@@H]1CCOC1)NC(=O)N1CCCN(C2CCCC2)CC1. The minimum absolute atomic E-state index is 0.0345. The Bertz CT molecular complexity index is 395. The second-order valence-corrected chi connectivity index (χ2v) is 7.48. The van der Waals surface area contributed by atoms with Crippen molar-refractivity contribution < 1.29 is 14.3 Å². The van der Waals surface area contributed by atoms with Gasteiger partial charge in [0.1, 0.15) is 0 Å². The Hall–Kier alpha value is -0.850. The first kappa shape index (κ1) is 18.0. The van der Waals surface area contributed by atoms with Gasteiger partial charge in [-0.3, -0.25) is 4.90 Å². The molecule has 0 spiro atoms. The van der Waals surface area contributed by atoms with Gasteiger partial charge in [-0.05, 0) is 32.6 Å². The van der Waals surface area contributed by atoms with E-state index in [0.29, 0.717) is 13.2 Å². The normalized spacial score (nSPS) is 28.0. The maximum atomic E-state index is 12.5. The molecule has 1 saturated carbocycles. The van der Waals surface area contributed by atoms with Crippen molar-refractivity contribution >= 4 is 6.03 Å². The number of nitrogens with zero attached hydrogens (tertiary/aromatic N) is 2. The van der Waals surface area contributed by atoms with Gasteiger partial charge in [0.05, 0.1) is 25.4 Å². The van der Waals surface area contributed by atoms with Crippen LogP contribution in [0.1, 0.15) is 45.4 Å². The van der Waals surface area contributed by atoms with Gasteiger partial charge in [-0.25, -0.2) is 4.79 Å². The van der Waals surface area contributed by atoms with Gasteiger partial charge in [0.2, 0.25) is 0 Å². The highest BCUT2D eigenvalue weighted by atomic mass is 16.5. The summed E-state index contributed by atoms with van der Waals surface area (Å²) in [6.07, 6.45) is 7.65. The number of carbonyl (C=O) groups is 1. The molecule has 3 rings (SSSR count). The van der Waals surface area contributed by atoms with Crippen LogP contribution in [-0.2, 0) is 9.47 Å². The molecule has 2 aliphatic heterocycles. The van der Waals surface area contributed by atoms with E-state index in [9.17, 15) is 4.79 Å². The quantitative estimate of drug-likeness (QED) is 0.830. The summed E-state index contributed by atoms with van der Waals surface area (Å²) < 4.78 is 11.1. The van der Waals surface area contributed by atoms with Crippen LogP contribution in [0.4, 0.5) is 4.79 Å². The van der Waals surface area contributed by atoms with E-state index in [1.807, 2.05) is 11.8 Å². The zero-order valence-electron chi connectivity index (χ0n) is 15.0. The molecule has 6 heteroatoms. The lowest BCUT2D eigenvalue weighted by atomic mass is 10.2. The second kappa shape index (κ2) is 9.02. The molecule has 138 valence electrons. The fourth-order valence-electron chi connectivity index (χ4n) is 4.04. The van der Waals surface area contributed by atoms with Crippen LogP contribution in [-0.4, -0.2) is 80.0 Å². The van der Waals surface area contributed by atoms with E-state index in [-0.39, 0.29) is 18.2 Å². The van der Waals surface area contributed by atoms with Crippen LogP contribution >= 0.6 is 0 Å². The van der Waals surface area contributed by atoms with Crippen LogP contribution < -0.4 is 5.32 Å². The number of amides is 2. The highest BCUT2D eigenvalue weighted by Crippen LogP contribution is 2.24. The molecule has 3 aliphatic rings. The smallest absolute Gasteiger partial charge is 0.317 e. The average Bonchev–Trinajstić information content (AvgIpc) is 3.23. The molecule has 0 unspecified atom stereocenters. The minimum Gasteiger partial charge on any atom is -0.379 e. The third-order valence-electron chi connectivity index (χ3n) is 5.50. The monoisotopic (exact) mass is 339 g/mol. The molecule has 0 bridgehead atoms. The lowest BCUT2D eigenvalue weighted by Crippen LogP contribution is -2.47. The zero-order chi connectivity index (χ0) is 16.8. The molecule has 2 atom stereocenters. The Kier molecular flexibility index (Phi) is 6.75. The summed E-state index contributed by atoms with van der Waals surface area (Å²) in [5.74, 6) is 0. The fourth-order valence-corrected chi connectivity index (χ4v) is 4.04. The van der Waals surface area contributed by atoms with E-state index < -0.39 is 0 Å². The Morgan fingerprint density at radius 1 is 1.17 bits per heavy atom. The molecule has 0 radical (unpaired) electrons. The molecule has 2 amide bonds. The van der Waals surface area contributed by atoms with Crippen LogP contribution in [0.25, 0.3) is 0 Å². The van der Waals surface area contributed by atoms with E-state index in [0.717, 1.165) is 51.7 Å². The predicted molar refractivity (Wildman–Crippen MR) is 93.2 cm³/mol. The summed E-state index contributed by atoms with van der Waals surface area (Å²) in [6.45, 7) is 7.89. The maximum absolute atomic E-state index is 12.5. The fraction of sp³-hybridized carbons (Fsp3) is 0.944. The molecular weight excluding hydrogens is 306 g/mol. The summed E-state index contributed by atoms with van der Waals surface area (Å²) in [4.78, 5) is 17.1. The molecule has 2 heterocycles. The first-order valence-corrected chi connectivity index (χ1v) is 9.71. The van der Waals surface area contributed by atoms with E-state index in [4.69, 9.17) is 9.47 Å². The lowest BCUT2D eigenvalue weighted by molar-refractivity contribution is 0.0330. The van der Waals surface area contributed by atoms with Crippen molar-refractivity contribution in [2.45, 2.75) is 63.6 Å². The van der Waals surface area contributed by atoms with E-state index >= 15 is 0 Å². The Balaban J connectivity index is 1.37. The third-order valence-corrected chi connectivity index (χ3v) is 5.50. The van der Waals surface area contributed by atoms with Crippen molar-refractivity contribution in [3.8, 4) is 0 Å². The summed E-state index contributed by atoms with van der Waals surface area (Å²) in [6, 6.07) is 0.850. The Labute approximate surface area is 145 Å². The maximum Gasteiger partial charge on any atom is 0.317 e. The molecule has 1 N–H and O–H groups in total. The van der Waals surface area contributed by atoms with Crippen LogP contribution in [0, 0.1) is 0 Å². The first-order chi connectivity index (χ1) is 11.7. The molecule has 0 aromatic rings. The van der Waals surface area contributed by atoms with Crippen molar-refractivity contribution in [3.63, 3.8) is 0 Å². The van der Waals surface area contributed by atoms with Gasteiger partial charge in [0.25, 0.3) is 0 Å². The summed E-state index contributed by atoms with van der Waals surface area (Å²) in [5.41, 5.74) is 0. The minimum atomic E-state index is 0.0345. The molecule has 0 aromatic carbocycles. The van der Waals surface area contributed by atoms with Gasteiger partial charge >= 0.3 is 6.03 Å². The van der Waals surface area contributed by atoms with Crippen molar-refractivity contribution in [1.82, 2.24) is 15.1 Å². The summed E-state index contributed by atoms with van der Waals surface area (Å²) >= 11 is 0. The van der Waals surface area contributed by atoms with Crippen molar-refractivity contribution in [1.29, 1.82) is 0 Å². The second-order valence-electron chi connectivity index (χ2n) is 7.48. The van der Waals surface area contributed by atoms with Crippen molar-refractivity contribution in [3.05, 3.63) is 0 Å². The average molecular weight is 339 g/mol. The summed E-state index contributed by atoms with van der Waals surface area (Å²) in [7, 11) is 0. The van der Waals surface area contributed by atoms with Crippen LogP contribution in [0.15, 0.2) is 0 Å². The lowest BCUT2D eigenvalue weighted by Gasteiger charge is -2.27. The number of urea groups is 1. The van der Waals surface area contributed by atoms with Crippen LogP contribution in [0.5, 0.6) is 0 Å². The van der Waals surface area contributed by atoms with Crippen molar-refractivity contribution in [2.75, 3.05) is 46.0 Å². The van der Waals surface area contributed by atoms with Crippen LogP contribution in [0.3, 0.4) is 0 Å².